The maximum absolute atomic E-state index is 5.45. The fraction of sp³-hybridized carbons (Fsp3) is 0.368. The van der Waals surface area contributed by atoms with Gasteiger partial charge >= 0.3 is 0 Å². The van der Waals surface area contributed by atoms with E-state index in [0.29, 0.717) is 0 Å². The van der Waals surface area contributed by atoms with Crippen molar-refractivity contribution >= 4 is 17.3 Å². The van der Waals surface area contributed by atoms with Crippen molar-refractivity contribution in [3.8, 4) is 0 Å². The first kappa shape index (κ1) is 15.9. The molecule has 0 atom stereocenters. The van der Waals surface area contributed by atoms with Gasteiger partial charge in [0.15, 0.2) is 11.5 Å². The van der Waals surface area contributed by atoms with E-state index in [-0.39, 0.29) is 0 Å². The number of nitrogens with one attached hydrogen (secondary N) is 1. The van der Waals surface area contributed by atoms with Crippen LogP contribution in [0.2, 0.25) is 0 Å². The Balaban J connectivity index is 1.56. The Morgan fingerprint density at radius 3 is 2.76 bits per heavy atom. The molecule has 0 amide bonds. The van der Waals surface area contributed by atoms with Crippen molar-refractivity contribution in [3.63, 3.8) is 0 Å². The van der Waals surface area contributed by atoms with Gasteiger partial charge < -0.3 is 15.0 Å². The number of benzene rings is 1. The molecule has 1 saturated heterocycles. The fourth-order valence-corrected chi connectivity index (χ4v) is 3.26. The summed E-state index contributed by atoms with van der Waals surface area (Å²) in [5.74, 6) is 1.98. The van der Waals surface area contributed by atoms with Gasteiger partial charge in [-0.05, 0) is 18.9 Å². The molecule has 130 valence electrons. The number of aryl methyl sites for hydroxylation is 1. The summed E-state index contributed by atoms with van der Waals surface area (Å²) in [6.07, 6.45) is 4.81. The lowest BCUT2D eigenvalue weighted by Crippen LogP contribution is -2.37. The summed E-state index contributed by atoms with van der Waals surface area (Å²) in [6, 6.07) is 10.5. The second-order valence-electron chi connectivity index (χ2n) is 6.25. The Labute approximate surface area is 147 Å². The third-order valence-electron chi connectivity index (χ3n) is 4.56. The predicted molar refractivity (Wildman–Crippen MR) is 99.4 cm³/mol. The molecule has 0 radical (unpaired) electrons. The zero-order chi connectivity index (χ0) is 17.1. The van der Waals surface area contributed by atoms with Crippen molar-refractivity contribution in [2.45, 2.75) is 13.3 Å². The Morgan fingerprint density at radius 2 is 1.96 bits per heavy atom. The maximum Gasteiger partial charge on any atom is 0.182 e. The second kappa shape index (κ2) is 7.11. The van der Waals surface area contributed by atoms with Crippen LogP contribution >= 0.6 is 0 Å². The molecule has 25 heavy (non-hydrogen) atoms. The van der Waals surface area contributed by atoms with E-state index in [0.717, 1.165) is 62.2 Å². The molecule has 2 aromatic heterocycles. The zero-order valence-electron chi connectivity index (χ0n) is 14.5. The fourth-order valence-electron chi connectivity index (χ4n) is 3.26. The summed E-state index contributed by atoms with van der Waals surface area (Å²) in [7, 11) is 0. The zero-order valence-corrected chi connectivity index (χ0v) is 14.5. The van der Waals surface area contributed by atoms with Crippen molar-refractivity contribution in [2.24, 2.45) is 0 Å². The molecule has 0 aliphatic carbocycles. The normalized spacial score (nSPS) is 14.8. The minimum absolute atomic E-state index is 0.741. The van der Waals surface area contributed by atoms with Crippen LogP contribution in [0.3, 0.4) is 0 Å². The van der Waals surface area contributed by atoms with E-state index in [2.05, 4.69) is 43.9 Å². The monoisotopic (exact) mass is 337 g/mol. The van der Waals surface area contributed by atoms with E-state index in [4.69, 9.17) is 9.72 Å². The molecule has 3 heterocycles. The minimum Gasteiger partial charge on any atom is -0.378 e. The molecular formula is C19H23N5O. The van der Waals surface area contributed by atoms with E-state index in [1.54, 1.807) is 0 Å². The number of anilines is 2. The van der Waals surface area contributed by atoms with Crippen molar-refractivity contribution in [3.05, 3.63) is 54.0 Å². The van der Waals surface area contributed by atoms with E-state index < -0.39 is 0 Å². The first-order valence-corrected chi connectivity index (χ1v) is 8.77. The van der Waals surface area contributed by atoms with Crippen LogP contribution in [0.15, 0.2) is 42.7 Å². The molecular weight excluding hydrogens is 314 g/mol. The van der Waals surface area contributed by atoms with Crippen molar-refractivity contribution in [1.82, 2.24) is 14.4 Å². The van der Waals surface area contributed by atoms with E-state index in [9.17, 15) is 0 Å². The highest BCUT2D eigenvalue weighted by Crippen LogP contribution is 2.24. The van der Waals surface area contributed by atoms with Crippen LogP contribution in [0.25, 0.3) is 5.65 Å². The van der Waals surface area contributed by atoms with E-state index >= 15 is 0 Å². The lowest BCUT2D eigenvalue weighted by molar-refractivity contribution is 0.122. The van der Waals surface area contributed by atoms with Crippen molar-refractivity contribution in [1.29, 1.82) is 0 Å². The van der Waals surface area contributed by atoms with Gasteiger partial charge in [-0.1, -0.05) is 30.3 Å². The van der Waals surface area contributed by atoms with Crippen LogP contribution in [0.4, 0.5) is 11.6 Å². The molecule has 1 N–H and O–H groups in total. The Bertz CT molecular complexity index is 840. The summed E-state index contributed by atoms with van der Waals surface area (Å²) < 4.78 is 7.56. The smallest absolute Gasteiger partial charge is 0.182 e. The van der Waals surface area contributed by atoms with Crippen LogP contribution in [-0.4, -0.2) is 47.2 Å². The quantitative estimate of drug-likeness (QED) is 0.775. The number of ether oxygens (including phenoxy) is 1. The lowest BCUT2D eigenvalue weighted by Gasteiger charge is -2.27. The van der Waals surface area contributed by atoms with E-state index in [1.165, 1.54) is 5.56 Å². The van der Waals surface area contributed by atoms with Gasteiger partial charge in [0, 0.05) is 32.0 Å². The number of fused-ring (bicyclic) bond motifs is 1. The SMILES string of the molecule is Cc1nc2c(N3CCOCC3)nccn2c1NCCc1ccccc1. The third-order valence-corrected chi connectivity index (χ3v) is 4.56. The standard InChI is InChI=1S/C19H23N5O/c1-15-17(20-8-7-16-5-3-2-4-6-16)24-10-9-21-18(19(24)22-15)23-11-13-25-14-12-23/h2-6,9-10,20H,7-8,11-14H2,1H3. The van der Waals surface area contributed by atoms with Crippen molar-refractivity contribution < 1.29 is 4.74 Å². The average molecular weight is 337 g/mol. The highest BCUT2D eigenvalue weighted by Gasteiger charge is 2.19. The average Bonchev–Trinajstić information content (AvgIpc) is 2.99. The summed E-state index contributed by atoms with van der Waals surface area (Å²) in [6.45, 7) is 6.11. The van der Waals surface area contributed by atoms with Crippen LogP contribution in [-0.2, 0) is 11.2 Å². The number of aromatic nitrogens is 3. The molecule has 1 aliphatic heterocycles. The topological polar surface area (TPSA) is 54.7 Å². The van der Waals surface area contributed by atoms with Crippen LogP contribution in [0.1, 0.15) is 11.3 Å². The van der Waals surface area contributed by atoms with Crippen LogP contribution < -0.4 is 10.2 Å². The summed E-state index contributed by atoms with van der Waals surface area (Å²) in [4.78, 5) is 11.6. The molecule has 4 rings (SSSR count). The largest absolute Gasteiger partial charge is 0.378 e. The van der Waals surface area contributed by atoms with E-state index in [1.807, 2.05) is 25.4 Å². The number of hydrogen-bond donors (Lipinski definition) is 1. The van der Waals surface area contributed by atoms with Crippen LogP contribution in [0.5, 0.6) is 0 Å². The molecule has 6 heteroatoms. The molecule has 0 bridgehead atoms. The number of morpholine rings is 1. The van der Waals surface area contributed by atoms with Gasteiger partial charge in [0.2, 0.25) is 0 Å². The molecule has 0 unspecified atom stereocenters. The Morgan fingerprint density at radius 1 is 1.16 bits per heavy atom. The molecule has 1 fully saturated rings. The molecule has 6 nitrogen and oxygen atoms in total. The van der Waals surface area contributed by atoms with Crippen molar-refractivity contribution in [2.75, 3.05) is 43.1 Å². The maximum atomic E-state index is 5.45. The number of imidazole rings is 1. The summed E-state index contributed by atoms with van der Waals surface area (Å²) >= 11 is 0. The van der Waals surface area contributed by atoms with Gasteiger partial charge in [0.25, 0.3) is 0 Å². The molecule has 0 saturated carbocycles. The lowest BCUT2D eigenvalue weighted by atomic mass is 10.1. The number of rotatable bonds is 5. The first-order chi connectivity index (χ1) is 12.3. The second-order valence-corrected chi connectivity index (χ2v) is 6.25. The highest BCUT2D eigenvalue weighted by atomic mass is 16.5. The third kappa shape index (κ3) is 3.30. The molecule has 0 spiro atoms. The molecule has 1 aromatic carbocycles. The van der Waals surface area contributed by atoms with Gasteiger partial charge in [-0.25, -0.2) is 9.97 Å². The predicted octanol–water partition coefficient (Wildman–Crippen LogP) is 2.53. The first-order valence-electron chi connectivity index (χ1n) is 8.77. The van der Waals surface area contributed by atoms with Gasteiger partial charge in [-0.3, -0.25) is 4.40 Å². The van der Waals surface area contributed by atoms with Gasteiger partial charge in [0.05, 0.1) is 18.9 Å². The minimum atomic E-state index is 0.741. The van der Waals surface area contributed by atoms with Gasteiger partial charge in [-0.15, -0.1) is 0 Å². The highest BCUT2D eigenvalue weighted by molar-refractivity contribution is 5.69. The molecule has 1 aliphatic rings. The Hall–Kier alpha value is -2.60. The summed E-state index contributed by atoms with van der Waals surface area (Å²) in [5.41, 5.74) is 3.23. The Kier molecular flexibility index (Phi) is 4.52. The van der Waals surface area contributed by atoms with Gasteiger partial charge in [-0.2, -0.15) is 0 Å². The number of nitrogens with zero attached hydrogens (tertiary/aromatic N) is 4. The van der Waals surface area contributed by atoms with Gasteiger partial charge in [0.1, 0.15) is 5.82 Å². The summed E-state index contributed by atoms with van der Waals surface area (Å²) in [5, 5.41) is 3.54. The molecule has 3 aromatic rings. The number of hydrogen-bond acceptors (Lipinski definition) is 5. The van der Waals surface area contributed by atoms with Crippen LogP contribution in [0, 0.1) is 6.92 Å².